The summed E-state index contributed by atoms with van der Waals surface area (Å²) in [7, 11) is 0. The number of esters is 1. The van der Waals surface area contributed by atoms with Crippen molar-refractivity contribution in [2.75, 3.05) is 12.4 Å². The predicted octanol–water partition coefficient (Wildman–Crippen LogP) is 6.83. The van der Waals surface area contributed by atoms with Crippen LogP contribution in [0.4, 0.5) is 0 Å². The zero-order valence-electron chi connectivity index (χ0n) is 17.7. The Morgan fingerprint density at radius 1 is 1.00 bits per heavy atom. The highest BCUT2D eigenvalue weighted by atomic mass is 35.9. The normalized spacial score (nSPS) is 11.0. The summed E-state index contributed by atoms with van der Waals surface area (Å²) >= 11 is 16.4. The van der Waals surface area contributed by atoms with Crippen LogP contribution in [0.2, 0.25) is 0 Å². The molecule has 0 aliphatic rings. The van der Waals surface area contributed by atoms with E-state index >= 15 is 0 Å². The second-order valence-electron chi connectivity index (χ2n) is 6.25. The van der Waals surface area contributed by atoms with Gasteiger partial charge in [-0.3, -0.25) is 4.57 Å². The Hall–Kier alpha value is -1.66. The van der Waals surface area contributed by atoms with E-state index in [1.54, 1.807) is 24.3 Å². The monoisotopic (exact) mass is 542 g/mol. The fourth-order valence-corrected chi connectivity index (χ4v) is 4.22. The maximum atomic E-state index is 10.9. The van der Waals surface area contributed by atoms with Crippen LogP contribution in [0.3, 0.4) is 0 Å². The van der Waals surface area contributed by atoms with E-state index in [1.165, 1.54) is 11.8 Å². The highest BCUT2D eigenvalue weighted by Crippen LogP contribution is 2.54. The molecule has 1 N–H and O–H groups in total. The number of thioether (sulfide) groups is 1. The Morgan fingerprint density at radius 3 is 1.88 bits per heavy atom. The molecule has 0 aliphatic heterocycles. The number of aliphatic hydroxyl groups is 1. The second-order valence-corrected chi connectivity index (χ2v) is 12.7. The van der Waals surface area contributed by atoms with Gasteiger partial charge in [0.15, 0.2) is 0 Å². The van der Waals surface area contributed by atoms with Crippen molar-refractivity contribution < 1.29 is 19.2 Å². The van der Waals surface area contributed by atoms with Crippen LogP contribution in [0.15, 0.2) is 113 Å². The summed E-state index contributed by atoms with van der Waals surface area (Å²) in [5, 5.41) is 10.0. The minimum absolute atomic E-state index is 0.00465. The minimum atomic E-state index is -3.07. The molecule has 33 heavy (non-hydrogen) atoms. The fraction of sp³-hybridized carbons (Fsp3) is 0.125. The molecule has 0 saturated carbocycles. The molecule has 0 fully saturated rings. The molecule has 0 saturated heterocycles. The summed E-state index contributed by atoms with van der Waals surface area (Å²) in [6.07, 6.45) is 0.422. The largest absolute Gasteiger partial charge is 0.460 e. The number of carbonyl (C=O) groups excluding carboxylic acids is 1. The molecule has 0 bridgehead atoms. The van der Waals surface area contributed by atoms with Crippen LogP contribution in [0, 0.1) is 0 Å². The fourth-order valence-electron chi connectivity index (χ4n) is 2.02. The second kappa shape index (κ2) is 16.9. The highest BCUT2D eigenvalue weighted by Gasteiger charge is 2.15. The van der Waals surface area contributed by atoms with Gasteiger partial charge in [0.25, 0.3) is 5.85 Å². The van der Waals surface area contributed by atoms with Crippen molar-refractivity contribution in [3.05, 3.63) is 104 Å². The van der Waals surface area contributed by atoms with Gasteiger partial charge in [0.05, 0.1) is 6.10 Å². The van der Waals surface area contributed by atoms with Gasteiger partial charge in [0.1, 0.15) is 6.61 Å². The first kappa shape index (κ1) is 29.4. The Balaban J connectivity index is 0.000000271. The van der Waals surface area contributed by atoms with Crippen molar-refractivity contribution in [2.45, 2.75) is 15.9 Å². The average Bonchev–Trinajstić information content (AvgIpc) is 2.83. The summed E-state index contributed by atoms with van der Waals surface area (Å²) in [6.45, 7) is 3.28. The number of hydrogen-bond donors (Lipinski definition) is 2. The lowest BCUT2D eigenvalue weighted by molar-refractivity contribution is -0.140. The summed E-state index contributed by atoms with van der Waals surface area (Å²) in [6, 6.07) is 28.1. The van der Waals surface area contributed by atoms with Crippen molar-refractivity contribution in [1.82, 2.24) is 0 Å². The first-order valence-corrected chi connectivity index (χ1v) is 14.6. The topological polar surface area (TPSA) is 63.6 Å². The maximum absolute atomic E-state index is 10.9. The third-order valence-corrected chi connectivity index (χ3v) is 7.11. The Bertz CT molecular complexity index is 987. The van der Waals surface area contributed by atoms with Gasteiger partial charge in [0, 0.05) is 26.9 Å². The number of halogens is 2. The van der Waals surface area contributed by atoms with Crippen molar-refractivity contribution in [2.24, 2.45) is 0 Å². The van der Waals surface area contributed by atoms with Crippen molar-refractivity contribution in [1.29, 1.82) is 0 Å². The van der Waals surface area contributed by atoms with Crippen LogP contribution < -0.4 is 5.30 Å². The number of carbonyl (C=O) groups is 1. The summed E-state index contributed by atoms with van der Waals surface area (Å²) < 4.78 is 15.7. The molecule has 3 aromatic carbocycles. The highest BCUT2D eigenvalue weighted by molar-refractivity contribution is 8.13. The molecule has 0 aromatic heterocycles. The van der Waals surface area contributed by atoms with Gasteiger partial charge in [-0.25, -0.2) is 4.79 Å². The molecule has 1 unspecified atom stereocenters. The molecule has 176 valence electrons. The number of ether oxygens (including phenoxy) is 1. The van der Waals surface area contributed by atoms with Gasteiger partial charge < -0.3 is 9.84 Å². The lowest BCUT2D eigenvalue weighted by Crippen LogP contribution is -2.19. The molecule has 0 aliphatic carbocycles. The standard InChI is InChI=1S/C12H14O3S.C6H5Cl2OP.C6H6S/c1-2-12(14)15-8-10(13)9-16-11-6-4-3-5-7-11;7-10(8,9)6-4-2-1-3-5-6;7-6-4-2-1-3-5-6/h2-7,10,13H,1,8-9H2;1-5H;1-5,7H. The molecule has 0 amide bonds. The van der Waals surface area contributed by atoms with E-state index in [4.69, 9.17) is 27.2 Å². The van der Waals surface area contributed by atoms with Gasteiger partial charge in [-0.15, -0.1) is 24.4 Å². The van der Waals surface area contributed by atoms with Gasteiger partial charge in [-0.05, 0) is 58.9 Å². The molecule has 3 rings (SSSR count). The number of hydrogen-bond acceptors (Lipinski definition) is 6. The van der Waals surface area contributed by atoms with Crippen LogP contribution in [0.5, 0.6) is 0 Å². The number of rotatable bonds is 7. The van der Waals surface area contributed by atoms with Crippen LogP contribution in [0.1, 0.15) is 0 Å². The molecule has 0 radical (unpaired) electrons. The number of aliphatic hydroxyl groups excluding tert-OH is 1. The molecular weight excluding hydrogens is 518 g/mol. The summed E-state index contributed by atoms with van der Waals surface area (Å²) in [5.41, 5.74) is 0. The van der Waals surface area contributed by atoms with Gasteiger partial charge in [-0.2, -0.15) is 0 Å². The predicted molar refractivity (Wildman–Crippen MR) is 143 cm³/mol. The number of thiol groups is 1. The zero-order chi connectivity index (χ0) is 24.5. The van der Waals surface area contributed by atoms with Crippen LogP contribution >= 0.6 is 52.7 Å². The first-order valence-electron chi connectivity index (χ1n) is 9.66. The third kappa shape index (κ3) is 15.0. The van der Waals surface area contributed by atoms with E-state index in [-0.39, 0.29) is 6.61 Å². The lowest BCUT2D eigenvalue weighted by Gasteiger charge is -2.09. The Morgan fingerprint density at radius 2 is 1.48 bits per heavy atom. The molecule has 1 atom stereocenters. The van der Waals surface area contributed by atoms with E-state index in [9.17, 15) is 14.5 Å². The van der Waals surface area contributed by atoms with E-state index in [0.717, 1.165) is 15.9 Å². The van der Waals surface area contributed by atoms with E-state index in [0.29, 0.717) is 11.1 Å². The third-order valence-electron chi connectivity index (χ3n) is 3.58. The summed E-state index contributed by atoms with van der Waals surface area (Å²) in [5.74, 6) is -3.09. The van der Waals surface area contributed by atoms with E-state index in [1.807, 2.05) is 66.7 Å². The van der Waals surface area contributed by atoms with Crippen LogP contribution in [-0.2, 0) is 14.1 Å². The zero-order valence-corrected chi connectivity index (χ0v) is 21.8. The summed E-state index contributed by atoms with van der Waals surface area (Å²) in [4.78, 5) is 12.8. The van der Waals surface area contributed by atoms with Crippen LogP contribution in [-0.4, -0.2) is 29.5 Å². The van der Waals surface area contributed by atoms with Gasteiger partial charge in [-0.1, -0.05) is 61.2 Å². The molecule has 0 spiro atoms. The molecular formula is C24H25Cl2O4PS2. The van der Waals surface area contributed by atoms with Crippen molar-refractivity contribution in [3.8, 4) is 0 Å². The minimum Gasteiger partial charge on any atom is -0.460 e. The lowest BCUT2D eigenvalue weighted by atomic mass is 10.4. The maximum Gasteiger partial charge on any atom is 0.330 e. The van der Waals surface area contributed by atoms with Crippen molar-refractivity contribution in [3.63, 3.8) is 0 Å². The van der Waals surface area contributed by atoms with E-state index in [2.05, 4.69) is 19.2 Å². The molecule has 0 heterocycles. The average molecular weight is 543 g/mol. The molecule has 4 nitrogen and oxygen atoms in total. The van der Waals surface area contributed by atoms with Crippen molar-refractivity contribution >= 4 is 64.0 Å². The SMILES string of the molecule is C=CC(=O)OCC(O)CSc1ccccc1.O=P(Cl)(Cl)c1ccccc1.Sc1ccccc1. The van der Waals surface area contributed by atoms with E-state index < -0.39 is 17.9 Å². The quantitative estimate of drug-likeness (QED) is 0.113. The smallest absolute Gasteiger partial charge is 0.330 e. The Labute approximate surface area is 214 Å². The van der Waals surface area contributed by atoms with Gasteiger partial charge in [0.2, 0.25) is 0 Å². The van der Waals surface area contributed by atoms with Crippen LogP contribution in [0.25, 0.3) is 0 Å². The molecule has 3 aromatic rings. The number of benzene rings is 3. The van der Waals surface area contributed by atoms with Gasteiger partial charge >= 0.3 is 5.97 Å². The Kier molecular flexibility index (Phi) is 15.0. The first-order chi connectivity index (χ1) is 15.7. The molecule has 9 heteroatoms.